The van der Waals surface area contributed by atoms with Crippen molar-refractivity contribution in [3.05, 3.63) is 62.2 Å². The summed E-state index contributed by atoms with van der Waals surface area (Å²) in [6.45, 7) is 10.2. The number of rotatable bonds is 8. The normalized spacial score (nSPS) is 14.3. The summed E-state index contributed by atoms with van der Waals surface area (Å²) < 4.78 is 0. The molecule has 0 saturated heterocycles. The van der Waals surface area contributed by atoms with E-state index in [1.165, 1.54) is 0 Å². The predicted molar refractivity (Wildman–Crippen MR) is 141 cm³/mol. The Labute approximate surface area is 210 Å². The van der Waals surface area contributed by atoms with Gasteiger partial charge >= 0.3 is 0 Å². The third-order valence-corrected chi connectivity index (χ3v) is 6.03. The zero-order valence-corrected chi connectivity index (χ0v) is 21.5. The molecule has 192 valence electrons. The number of aromatic amines is 1. The van der Waals surface area contributed by atoms with Gasteiger partial charge in [-0.05, 0) is 64.3 Å². The highest BCUT2D eigenvalue weighted by molar-refractivity contribution is 6.05. The molecular formula is C26H35N7O3. The predicted octanol–water partition coefficient (Wildman–Crippen LogP) is 2.10. The van der Waals surface area contributed by atoms with E-state index in [1.807, 2.05) is 32.9 Å². The number of aromatic nitrogens is 2. The van der Waals surface area contributed by atoms with E-state index in [0.29, 0.717) is 42.1 Å². The molecule has 2 amide bonds. The molecule has 3 heterocycles. The van der Waals surface area contributed by atoms with Crippen LogP contribution in [0, 0.1) is 19.3 Å². The summed E-state index contributed by atoms with van der Waals surface area (Å²) in [7, 11) is 0. The largest absolute Gasteiger partial charge is 0.367 e. The van der Waals surface area contributed by atoms with Gasteiger partial charge in [0, 0.05) is 48.7 Å². The van der Waals surface area contributed by atoms with Crippen molar-refractivity contribution in [2.75, 3.05) is 18.4 Å². The van der Waals surface area contributed by atoms with Crippen LogP contribution in [0.4, 0.5) is 5.82 Å². The van der Waals surface area contributed by atoms with E-state index in [1.54, 1.807) is 24.8 Å². The number of pyridine rings is 2. The highest BCUT2D eigenvalue weighted by Gasteiger charge is 2.24. The minimum atomic E-state index is -0.563. The van der Waals surface area contributed by atoms with Gasteiger partial charge in [-0.25, -0.2) is 4.98 Å². The molecule has 0 aliphatic carbocycles. The smallest absolute Gasteiger partial charge is 0.253 e. The number of carbonyl (C=O) groups excluding carboxylic acids is 2. The highest BCUT2D eigenvalue weighted by Crippen LogP contribution is 2.27. The van der Waals surface area contributed by atoms with Crippen LogP contribution in [0.5, 0.6) is 0 Å². The molecular weight excluding hydrogens is 458 g/mol. The molecule has 3 rings (SSSR count). The Kier molecular flexibility index (Phi) is 8.41. The molecule has 0 aromatic carbocycles. The van der Waals surface area contributed by atoms with Gasteiger partial charge in [-0.15, -0.1) is 0 Å². The average molecular weight is 494 g/mol. The standard InChI is InChI=1S/C26H35N7O3/c1-14(2)30-23-20(12-27)19(24(34)29-13-21-15(3)10-16(4)31-25(21)35)11-22(32-23)18-6-8-33(9-7-18)26(36)17(5)28/h6,10-12,14,17,27H,7-9,13,28H2,1-5H3,(H,29,34)(H,30,32)(H,31,35). The van der Waals surface area contributed by atoms with Gasteiger partial charge in [0.05, 0.1) is 17.3 Å². The first-order chi connectivity index (χ1) is 17.0. The van der Waals surface area contributed by atoms with Crippen molar-refractivity contribution in [1.82, 2.24) is 20.2 Å². The second-order valence-corrected chi connectivity index (χ2v) is 9.44. The fraction of sp³-hybridized carbons (Fsp3) is 0.423. The topological polar surface area (TPSA) is 157 Å². The molecule has 1 aliphatic rings. The van der Waals surface area contributed by atoms with E-state index >= 15 is 0 Å². The molecule has 1 unspecified atom stereocenters. The number of nitrogens with two attached hydrogens (primary N) is 1. The maximum Gasteiger partial charge on any atom is 0.253 e. The van der Waals surface area contributed by atoms with Crippen LogP contribution in [-0.4, -0.2) is 58.1 Å². The summed E-state index contributed by atoms with van der Waals surface area (Å²) in [4.78, 5) is 47.1. The lowest BCUT2D eigenvalue weighted by Crippen LogP contribution is -2.43. The molecule has 1 atom stereocenters. The fourth-order valence-corrected chi connectivity index (χ4v) is 4.19. The minimum absolute atomic E-state index is 0.0237. The zero-order valence-electron chi connectivity index (χ0n) is 21.5. The lowest BCUT2D eigenvalue weighted by atomic mass is 9.99. The van der Waals surface area contributed by atoms with Crippen LogP contribution in [0.25, 0.3) is 5.57 Å². The van der Waals surface area contributed by atoms with Gasteiger partial charge in [0.2, 0.25) is 5.91 Å². The molecule has 6 N–H and O–H groups in total. The number of H-pyrrole nitrogens is 1. The SMILES string of the molecule is Cc1cc(C)c(CNC(=O)c2cc(C3=CCN(C(=O)C(C)N)CC3)nc(NC(C)C)c2C=N)c(=O)[nH]1. The fourth-order valence-electron chi connectivity index (χ4n) is 4.19. The first kappa shape index (κ1) is 26.8. The molecule has 0 fully saturated rings. The van der Waals surface area contributed by atoms with E-state index in [9.17, 15) is 14.4 Å². The lowest BCUT2D eigenvalue weighted by molar-refractivity contribution is -0.131. The molecule has 10 heteroatoms. The first-order valence-corrected chi connectivity index (χ1v) is 12.0. The Morgan fingerprint density at radius 2 is 2.00 bits per heavy atom. The van der Waals surface area contributed by atoms with Crippen molar-refractivity contribution in [3.8, 4) is 0 Å². The molecule has 0 bridgehead atoms. The van der Waals surface area contributed by atoms with Crippen molar-refractivity contribution in [3.63, 3.8) is 0 Å². The van der Waals surface area contributed by atoms with Gasteiger partial charge < -0.3 is 31.7 Å². The van der Waals surface area contributed by atoms with Crippen molar-refractivity contribution >= 4 is 29.4 Å². The molecule has 0 spiro atoms. The van der Waals surface area contributed by atoms with E-state index in [-0.39, 0.29) is 29.6 Å². The Bertz CT molecular complexity index is 1260. The summed E-state index contributed by atoms with van der Waals surface area (Å²) in [5, 5.41) is 14.0. The number of nitrogens with zero attached hydrogens (tertiary/aromatic N) is 2. The summed E-state index contributed by atoms with van der Waals surface area (Å²) in [6, 6.07) is 2.99. The summed E-state index contributed by atoms with van der Waals surface area (Å²) >= 11 is 0. The molecule has 0 radical (unpaired) electrons. The first-order valence-electron chi connectivity index (χ1n) is 12.0. The number of hydrogen-bond donors (Lipinski definition) is 5. The maximum atomic E-state index is 13.3. The molecule has 1 aliphatic heterocycles. The van der Waals surface area contributed by atoms with Crippen molar-refractivity contribution in [2.45, 2.75) is 59.7 Å². The van der Waals surface area contributed by atoms with Crippen LogP contribution in [0.15, 0.2) is 23.0 Å². The molecule has 10 nitrogen and oxygen atoms in total. The Balaban J connectivity index is 1.95. The second kappa shape index (κ2) is 11.3. The van der Waals surface area contributed by atoms with E-state index < -0.39 is 11.9 Å². The van der Waals surface area contributed by atoms with Gasteiger partial charge in [0.25, 0.3) is 11.5 Å². The van der Waals surface area contributed by atoms with Crippen LogP contribution in [0.3, 0.4) is 0 Å². The van der Waals surface area contributed by atoms with Crippen LogP contribution >= 0.6 is 0 Å². The van der Waals surface area contributed by atoms with E-state index in [2.05, 4.69) is 15.6 Å². The second-order valence-electron chi connectivity index (χ2n) is 9.44. The quantitative estimate of drug-likeness (QED) is 0.354. The Morgan fingerprint density at radius 3 is 2.56 bits per heavy atom. The number of nitrogens with one attached hydrogen (secondary N) is 4. The van der Waals surface area contributed by atoms with Crippen molar-refractivity contribution < 1.29 is 9.59 Å². The van der Waals surface area contributed by atoms with Crippen molar-refractivity contribution in [2.24, 2.45) is 5.73 Å². The molecule has 36 heavy (non-hydrogen) atoms. The molecule has 2 aromatic heterocycles. The van der Waals surface area contributed by atoms with Crippen LogP contribution in [0.1, 0.15) is 65.6 Å². The van der Waals surface area contributed by atoms with Gasteiger partial charge in [-0.2, -0.15) is 0 Å². The summed E-state index contributed by atoms with van der Waals surface area (Å²) in [5.74, 6) is -0.0865. The number of hydrogen-bond acceptors (Lipinski definition) is 7. The Morgan fingerprint density at radius 1 is 1.28 bits per heavy atom. The molecule has 0 saturated carbocycles. The minimum Gasteiger partial charge on any atom is -0.367 e. The van der Waals surface area contributed by atoms with Gasteiger partial charge in [-0.1, -0.05) is 6.08 Å². The lowest BCUT2D eigenvalue weighted by Gasteiger charge is -2.28. The number of carbonyl (C=O) groups is 2. The number of anilines is 1. The van der Waals surface area contributed by atoms with Gasteiger partial charge in [0.1, 0.15) is 5.82 Å². The average Bonchev–Trinajstić information content (AvgIpc) is 2.81. The summed E-state index contributed by atoms with van der Waals surface area (Å²) in [5.41, 5.74) is 9.69. The van der Waals surface area contributed by atoms with Gasteiger partial charge in [-0.3, -0.25) is 14.4 Å². The number of amides is 2. The highest BCUT2D eigenvalue weighted by atomic mass is 16.2. The number of aryl methyl sites for hydroxylation is 2. The maximum absolute atomic E-state index is 13.3. The Hall–Kier alpha value is -3.79. The molecule has 2 aromatic rings. The third kappa shape index (κ3) is 6.06. The van der Waals surface area contributed by atoms with E-state index in [0.717, 1.165) is 23.0 Å². The monoisotopic (exact) mass is 493 g/mol. The van der Waals surface area contributed by atoms with Crippen LogP contribution in [-0.2, 0) is 11.3 Å². The third-order valence-electron chi connectivity index (χ3n) is 6.03. The van der Waals surface area contributed by atoms with Crippen LogP contribution in [0.2, 0.25) is 0 Å². The van der Waals surface area contributed by atoms with E-state index in [4.69, 9.17) is 16.1 Å². The summed E-state index contributed by atoms with van der Waals surface area (Å²) in [6.07, 6.45) is 3.60. The zero-order chi connectivity index (χ0) is 26.6. The van der Waals surface area contributed by atoms with Crippen LogP contribution < -0.4 is 21.9 Å². The van der Waals surface area contributed by atoms with Crippen molar-refractivity contribution in [1.29, 1.82) is 5.41 Å². The van der Waals surface area contributed by atoms with Gasteiger partial charge in [0.15, 0.2) is 0 Å².